The highest BCUT2D eigenvalue weighted by molar-refractivity contribution is 7.96. The molecule has 5 heteroatoms. The minimum absolute atomic E-state index is 0.178. The van der Waals surface area contributed by atoms with Gasteiger partial charge >= 0.3 is 0 Å². The summed E-state index contributed by atoms with van der Waals surface area (Å²) in [5.74, 6) is 5.78. The van der Waals surface area contributed by atoms with Crippen molar-refractivity contribution < 1.29 is 13.0 Å². The maximum atomic E-state index is 10.4. The van der Waals surface area contributed by atoms with E-state index in [1.54, 1.807) is 12.1 Å². The highest BCUT2D eigenvalue weighted by Crippen LogP contribution is 2.67. The fourth-order valence-corrected chi connectivity index (χ4v) is 11.3. The van der Waals surface area contributed by atoms with Gasteiger partial charge in [0.2, 0.25) is 0 Å². The second-order valence-corrected chi connectivity index (χ2v) is 19.1. The number of aryl methyl sites for hydroxylation is 1. The van der Waals surface area contributed by atoms with Crippen molar-refractivity contribution in [2.45, 2.75) is 122 Å². The average molecular weight is 603 g/mol. The predicted molar refractivity (Wildman–Crippen MR) is 175 cm³/mol. The van der Waals surface area contributed by atoms with Gasteiger partial charge in [0.25, 0.3) is 0 Å². The van der Waals surface area contributed by atoms with Crippen LogP contribution < -0.4 is 0 Å². The van der Waals surface area contributed by atoms with E-state index in [0.29, 0.717) is 21.7 Å². The molecule has 4 aliphatic carbocycles. The maximum absolute atomic E-state index is 10.4. The molecule has 0 N–H and O–H groups in total. The number of hydrogen-bond donors (Lipinski definition) is 0. The van der Waals surface area contributed by atoms with Gasteiger partial charge in [-0.25, -0.2) is 8.42 Å². The van der Waals surface area contributed by atoms with Crippen LogP contribution in [0.25, 0.3) is 0 Å². The summed E-state index contributed by atoms with van der Waals surface area (Å²) in [6.07, 6.45) is 24.0. The molecule has 0 amide bonds. The van der Waals surface area contributed by atoms with Crippen molar-refractivity contribution in [3.8, 4) is 0 Å². The van der Waals surface area contributed by atoms with Crippen LogP contribution >= 0.6 is 0 Å². The van der Waals surface area contributed by atoms with Crippen LogP contribution in [-0.4, -0.2) is 30.7 Å². The molecular formula is C36H58O3S2. The first-order chi connectivity index (χ1) is 19.2. The fraction of sp³-hybridized carbons (Fsp3) is 0.778. The molecule has 3 fully saturated rings. The number of fused-ring (bicyclic) bond motifs is 5. The van der Waals surface area contributed by atoms with E-state index in [2.05, 4.69) is 53.2 Å². The molecule has 0 aliphatic heterocycles. The van der Waals surface area contributed by atoms with E-state index in [4.69, 9.17) is 0 Å². The maximum Gasteiger partial charge on any atom is 0.124 e. The SMILES string of the molecule is CC(C)CCC[C@@H](C)[C@H]1CC[C@H]2[C@@H]3CC=C4CC([S+](C)C)CC[C@]4(C)[C@H]3CC[C@]12C.Cc1ccc(S(=O)(=O)[O-])cc1. The molecule has 0 heterocycles. The van der Waals surface area contributed by atoms with E-state index < -0.39 is 10.1 Å². The Labute approximate surface area is 255 Å². The second kappa shape index (κ2) is 13.1. The van der Waals surface area contributed by atoms with Crippen LogP contribution in [0.3, 0.4) is 0 Å². The summed E-state index contributed by atoms with van der Waals surface area (Å²) in [4.78, 5) is -0.178. The van der Waals surface area contributed by atoms with Gasteiger partial charge in [-0.1, -0.05) is 83.2 Å². The molecule has 3 saturated carbocycles. The lowest BCUT2D eigenvalue weighted by molar-refractivity contribution is -0.0497. The van der Waals surface area contributed by atoms with Crippen LogP contribution in [-0.2, 0) is 21.0 Å². The Morgan fingerprint density at radius 3 is 2.24 bits per heavy atom. The number of benzene rings is 1. The van der Waals surface area contributed by atoms with Crippen LogP contribution in [0.2, 0.25) is 0 Å². The van der Waals surface area contributed by atoms with E-state index in [1.165, 1.54) is 82.8 Å². The molecule has 1 aromatic rings. The average Bonchev–Trinajstić information content (AvgIpc) is 3.25. The zero-order valence-electron chi connectivity index (χ0n) is 27.2. The van der Waals surface area contributed by atoms with E-state index in [-0.39, 0.29) is 4.90 Å². The van der Waals surface area contributed by atoms with Crippen molar-refractivity contribution in [3.05, 3.63) is 41.5 Å². The van der Waals surface area contributed by atoms with Crippen LogP contribution in [0.4, 0.5) is 0 Å². The Morgan fingerprint density at radius 2 is 1.63 bits per heavy atom. The quantitative estimate of drug-likeness (QED) is 0.178. The lowest BCUT2D eigenvalue weighted by Crippen LogP contribution is -2.51. The second-order valence-electron chi connectivity index (χ2n) is 15.3. The standard InChI is InChI=1S/C29H51S.C7H8O3S/c1-20(2)9-8-10-21(3)25-13-14-26-24-12-11-22-19-23(30(6)7)15-17-28(22,4)27(24)16-18-29(25,26)5;1-6-2-4-7(5-3-6)11(8,9)10/h11,20-21,23-27H,8-10,12-19H2,1-7H3;2-5H,1H3,(H,8,9,10)/q+1;/p-1/t21-,23?,24+,25-,26+,27+,28+,29-;/m1./s1. The Morgan fingerprint density at radius 1 is 0.951 bits per heavy atom. The summed E-state index contributed by atoms with van der Waals surface area (Å²) in [7, 11) is -3.68. The number of hydrogen-bond acceptors (Lipinski definition) is 3. The Balaban J connectivity index is 0.000000296. The van der Waals surface area contributed by atoms with Crippen LogP contribution in [0.15, 0.2) is 40.8 Å². The summed E-state index contributed by atoms with van der Waals surface area (Å²) < 4.78 is 31.2. The van der Waals surface area contributed by atoms with E-state index in [9.17, 15) is 13.0 Å². The van der Waals surface area contributed by atoms with Crippen molar-refractivity contribution in [3.63, 3.8) is 0 Å². The van der Waals surface area contributed by atoms with Crippen molar-refractivity contribution >= 4 is 21.0 Å². The molecule has 5 rings (SSSR count). The van der Waals surface area contributed by atoms with Crippen LogP contribution in [0, 0.1) is 53.3 Å². The lowest BCUT2D eigenvalue weighted by atomic mass is 9.47. The van der Waals surface area contributed by atoms with Crippen LogP contribution in [0.1, 0.15) is 111 Å². The van der Waals surface area contributed by atoms with Gasteiger partial charge in [0.15, 0.2) is 0 Å². The first-order valence-corrected chi connectivity index (χ1v) is 20.0. The molecule has 1 aromatic carbocycles. The zero-order valence-corrected chi connectivity index (χ0v) is 28.9. The molecule has 0 spiro atoms. The smallest absolute Gasteiger partial charge is 0.124 e. The molecule has 4 aliphatic rings. The summed E-state index contributed by atoms with van der Waals surface area (Å²) in [6.45, 7) is 14.6. The monoisotopic (exact) mass is 602 g/mol. The Bertz CT molecular complexity index is 1150. The van der Waals surface area contributed by atoms with Crippen molar-refractivity contribution in [2.75, 3.05) is 12.5 Å². The van der Waals surface area contributed by atoms with E-state index in [1.807, 2.05) is 12.5 Å². The lowest BCUT2D eigenvalue weighted by Gasteiger charge is -2.58. The predicted octanol–water partition coefficient (Wildman–Crippen LogP) is 9.17. The summed E-state index contributed by atoms with van der Waals surface area (Å²) in [5, 5.41) is 0.970. The van der Waals surface area contributed by atoms with Gasteiger partial charge in [0.1, 0.15) is 15.4 Å². The third-order valence-electron chi connectivity index (χ3n) is 12.2. The summed E-state index contributed by atoms with van der Waals surface area (Å²) in [5.41, 5.74) is 4.00. The van der Waals surface area contributed by atoms with Gasteiger partial charge < -0.3 is 4.55 Å². The molecule has 0 saturated heterocycles. The first kappa shape index (κ1) is 33.1. The molecule has 0 radical (unpaired) electrons. The van der Waals surface area contributed by atoms with Crippen molar-refractivity contribution in [2.24, 2.45) is 46.3 Å². The molecule has 1 unspecified atom stereocenters. The van der Waals surface area contributed by atoms with Gasteiger partial charge in [-0.3, -0.25) is 0 Å². The van der Waals surface area contributed by atoms with E-state index >= 15 is 0 Å². The molecule has 0 aromatic heterocycles. The molecular weight excluding hydrogens is 545 g/mol. The molecule has 8 atom stereocenters. The van der Waals surface area contributed by atoms with Gasteiger partial charge in [0.05, 0.1) is 17.4 Å². The highest BCUT2D eigenvalue weighted by atomic mass is 32.2. The van der Waals surface area contributed by atoms with Gasteiger partial charge in [0, 0.05) is 6.42 Å². The minimum Gasteiger partial charge on any atom is -0.744 e. The molecule has 3 nitrogen and oxygen atoms in total. The molecule has 232 valence electrons. The van der Waals surface area contributed by atoms with Gasteiger partial charge in [-0.15, -0.1) is 0 Å². The molecule has 41 heavy (non-hydrogen) atoms. The van der Waals surface area contributed by atoms with E-state index in [0.717, 1.165) is 46.3 Å². The highest BCUT2D eigenvalue weighted by Gasteiger charge is 2.59. The summed E-state index contributed by atoms with van der Waals surface area (Å²) >= 11 is 0. The summed E-state index contributed by atoms with van der Waals surface area (Å²) in [6, 6.07) is 5.78. The van der Waals surface area contributed by atoms with Crippen molar-refractivity contribution in [1.82, 2.24) is 0 Å². The third kappa shape index (κ3) is 7.14. The van der Waals surface area contributed by atoms with Gasteiger partial charge in [-0.2, -0.15) is 0 Å². The Kier molecular flexibility index (Phi) is 10.6. The largest absolute Gasteiger partial charge is 0.744 e. The zero-order chi connectivity index (χ0) is 30.2. The van der Waals surface area contributed by atoms with Crippen LogP contribution in [0.5, 0.6) is 0 Å². The minimum atomic E-state index is -4.27. The molecule has 0 bridgehead atoms. The normalized spacial score (nSPS) is 35.6. The number of allylic oxidation sites excluding steroid dienone is 2. The third-order valence-corrected chi connectivity index (χ3v) is 14.8. The topological polar surface area (TPSA) is 57.2 Å². The van der Waals surface area contributed by atoms with Crippen molar-refractivity contribution in [1.29, 1.82) is 0 Å². The Hall–Kier alpha value is -0.780. The number of rotatable bonds is 7. The fourth-order valence-electron chi connectivity index (χ4n) is 9.76. The first-order valence-electron chi connectivity index (χ1n) is 16.4. The van der Waals surface area contributed by atoms with Gasteiger partial charge in [-0.05, 0) is 121 Å².